The third-order valence-corrected chi connectivity index (χ3v) is 6.55. The van der Waals surface area contributed by atoms with Crippen LogP contribution in [0.3, 0.4) is 0 Å². The van der Waals surface area contributed by atoms with Crippen LogP contribution in [0.2, 0.25) is 0 Å². The van der Waals surface area contributed by atoms with Gasteiger partial charge in [0.2, 0.25) is 0 Å². The van der Waals surface area contributed by atoms with E-state index in [9.17, 15) is 27.2 Å². The molecule has 1 aliphatic rings. The predicted octanol–water partition coefficient (Wildman–Crippen LogP) is 7.69. The number of hydrogen-bond donors (Lipinski definition) is 0. The molecule has 1 amide bonds. The summed E-state index contributed by atoms with van der Waals surface area (Å²) in [6.07, 6.45) is 10.6. The van der Waals surface area contributed by atoms with Gasteiger partial charge in [-0.15, -0.1) is 0 Å². The van der Waals surface area contributed by atoms with E-state index in [1.54, 1.807) is 0 Å². The van der Waals surface area contributed by atoms with Crippen LogP contribution >= 0.6 is 0 Å². The minimum absolute atomic E-state index is 0.212. The molecular weight excluding hydrogens is 462 g/mol. The summed E-state index contributed by atoms with van der Waals surface area (Å²) in [5.41, 5.74) is -1.63. The van der Waals surface area contributed by atoms with Gasteiger partial charge >= 0.3 is 12.1 Å². The Balaban J connectivity index is 1.66. The highest BCUT2D eigenvalue weighted by Crippen LogP contribution is 2.32. The zero-order valence-corrected chi connectivity index (χ0v) is 20.8. The van der Waals surface area contributed by atoms with E-state index in [0.29, 0.717) is 25.0 Å². The first-order chi connectivity index (χ1) is 16.8. The molecule has 1 unspecified atom stereocenters. The zero-order valence-electron chi connectivity index (χ0n) is 20.8. The Hall–Kier alpha value is -2.12. The van der Waals surface area contributed by atoms with E-state index in [4.69, 9.17) is 4.74 Å². The molecule has 1 aromatic rings. The third-order valence-electron chi connectivity index (χ3n) is 6.55. The number of alkyl halides is 3. The van der Waals surface area contributed by atoms with Crippen LogP contribution in [0, 0.1) is 5.82 Å². The van der Waals surface area contributed by atoms with Crippen molar-refractivity contribution in [1.29, 1.82) is 0 Å². The number of benzene rings is 1. The van der Waals surface area contributed by atoms with Crippen LogP contribution in [0.15, 0.2) is 18.2 Å². The second-order valence-electron chi connectivity index (χ2n) is 9.41. The van der Waals surface area contributed by atoms with Crippen molar-refractivity contribution in [2.45, 2.75) is 109 Å². The molecular formula is C27H39F4NO3. The van der Waals surface area contributed by atoms with Crippen molar-refractivity contribution in [3.05, 3.63) is 35.1 Å². The number of unbranched alkanes of at least 4 members (excludes halogenated alkanes) is 11. The predicted molar refractivity (Wildman–Crippen MR) is 127 cm³/mol. The van der Waals surface area contributed by atoms with Gasteiger partial charge in [0.1, 0.15) is 11.9 Å². The first kappa shape index (κ1) is 29.1. The molecule has 1 aliphatic heterocycles. The van der Waals surface area contributed by atoms with Gasteiger partial charge in [0.15, 0.2) is 0 Å². The van der Waals surface area contributed by atoms with Crippen molar-refractivity contribution in [3.8, 4) is 0 Å². The smallest absolute Gasteiger partial charge is 0.419 e. The van der Waals surface area contributed by atoms with Gasteiger partial charge in [0.25, 0.3) is 5.91 Å². The van der Waals surface area contributed by atoms with E-state index >= 15 is 0 Å². The fourth-order valence-electron chi connectivity index (χ4n) is 4.51. The molecule has 0 saturated carbocycles. The average Bonchev–Trinajstić information content (AvgIpc) is 3.30. The van der Waals surface area contributed by atoms with Crippen LogP contribution in [-0.2, 0) is 15.7 Å². The summed E-state index contributed by atoms with van der Waals surface area (Å²) < 4.78 is 57.5. The molecule has 35 heavy (non-hydrogen) atoms. The van der Waals surface area contributed by atoms with Gasteiger partial charge < -0.3 is 9.64 Å². The lowest BCUT2D eigenvalue weighted by Gasteiger charge is -2.23. The Bertz CT molecular complexity index is 797. The maximum Gasteiger partial charge on any atom is 0.419 e. The summed E-state index contributed by atoms with van der Waals surface area (Å²) in [4.78, 5) is 26.5. The van der Waals surface area contributed by atoms with Crippen molar-refractivity contribution in [2.75, 3.05) is 13.2 Å². The summed E-state index contributed by atoms with van der Waals surface area (Å²) >= 11 is 0. The minimum atomic E-state index is -4.83. The highest BCUT2D eigenvalue weighted by Gasteiger charge is 2.37. The van der Waals surface area contributed by atoms with Crippen LogP contribution in [0.1, 0.15) is 113 Å². The Morgan fingerprint density at radius 1 is 0.943 bits per heavy atom. The molecule has 1 aromatic carbocycles. The average molecular weight is 502 g/mol. The molecule has 0 aliphatic carbocycles. The summed E-state index contributed by atoms with van der Waals surface area (Å²) in [5, 5.41) is 0. The number of likely N-dealkylation sites (tertiary alicyclic amines) is 1. The fourth-order valence-corrected chi connectivity index (χ4v) is 4.51. The van der Waals surface area contributed by atoms with Crippen LogP contribution in [-0.4, -0.2) is 36.0 Å². The lowest BCUT2D eigenvalue weighted by molar-refractivity contribution is -0.148. The van der Waals surface area contributed by atoms with E-state index < -0.39 is 35.5 Å². The summed E-state index contributed by atoms with van der Waals surface area (Å²) in [6, 6.07) is 1.30. The van der Waals surface area contributed by atoms with Gasteiger partial charge in [0.05, 0.1) is 12.2 Å². The lowest BCUT2D eigenvalue weighted by Crippen LogP contribution is -2.41. The molecule has 2 rings (SSSR count). The minimum Gasteiger partial charge on any atom is -0.464 e. The molecule has 4 nitrogen and oxygen atoms in total. The first-order valence-electron chi connectivity index (χ1n) is 13.1. The maximum absolute atomic E-state index is 13.9. The SMILES string of the molecule is CCCCCCCCCCCCCCOC(=O)C1CCCN1C(=O)c1ccc(C(F)(F)F)c(F)c1. The highest BCUT2D eigenvalue weighted by molar-refractivity contribution is 5.97. The third kappa shape index (κ3) is 9.80. The van der Waals surface area contributed by atoms with Gasteiger partial charge in [-0.25, -0.2) is 9.18 Å². The van der Waals surface area contributed by atoms with Crippen molar-refractivity contribution in [3.63, 3.8) is 0 Å². The largest absolute Gasteiger partial charge is 0.464 e. The van der Waals surface area contributed by atoms with Crippen molar-refractivity contribution in [1.82, 2.24) is 4.90 Å². The number of carbonyl (C=O) groups is 2. The van der Waals surface area contributed by atoms with E-state index in [1.807, 2.05) is 0 Å². The van der Waals surface area contributed by atoms with E-state index in [0.717, 1.165) is 25.3 Å². The van der Waals surface area contributed by atoms with Gasteiger partial charge in [0, 0.05) is 12.1 Å². The Morgan fingerprint density at radius 2 is 1.51 bits per heavy atom. The monoisotopic (exact) mass is 501 g/mol. The van der Waals surface area contributed by atoms with Crippen molar-refractivity contribution in [2.24, 2.45) is 0 Å². The first-order valence-corrected chi connectivity index (χ1v) is 13.1. The molecule has 0 aromatic heterocycles. The van der Waals surface area contributed by atoms with Crippen LogP contribution in [0.4, 0.5) is 17.6 Å². The lowest BCUT2D eigenvalue weighted by atomic mass is 10.1. The molecule has 1 heterocycles. The van der Waals surface area contributed by atoms with Crippen LogP contribution in [0.5, 0.6) is 0 Å². The Kier molecular flexibility index (Phi) is 12.6. The Morgan fingerprint density at radius 3 is 2.06 bits per heavy atom. The molecule has 8 heteroatoms. The van der Waals surface area contributed by atoms with Gasteiger partial charge in [-0.1, -0.05) is 77.6 Å². The number of carbonyl (C=O) groups excluding carboxylic acids is 2. The van der Waals surface area contributed by atoms with Gasteiger partial charge in [-0.2, -0.15) is 13.2 Å². The van der Waals surface area contributed by atoms with Crippen LogP contribution in [0.25, 0.3) is 0 Å². The second-order valence-corrected chi connectivity index (χ2v) is 9.41. The summed E-state index contributed by atoms with van der Waals surface area (Å²) in [5.74, 6) is -2.68. The maximum atomic E-state index is 13.9. The topological polar surface area (TPSA) is 46.6 Å². The number of esters is 1. The number of amides is 1. The molecule has 0 N–H and O–H groups in total. The molecule has 0 bridgehead atoms. The summed E-state index contributed by atoms with van der Waals surface area (Å²) in [7, 11) is 0. The second kappa shape index (κ2) is 15.1. The fraction of sp³-hybridized carbons (Fsp3) is 0.704. The van der Waals surface area contributed by atoms with Gasteiger partial charge in [-0.3, -0.25) is 4.79 Å². The number of nitrogens with zero attached hydrogens (tertiary/aromatic N) is 1. The zero-order chi connectivity index (χ0) is 25.7. The highest BCUT2D eigenvalue weighted by atomic mass is 19.4. The molecule has 0 spiro atoms. The molecule has 1 saturated heterocycles. The molecule has 1 atom stereocenters. The van der Waals surface area contributed by atoms with Crippen molar-refractivity contribution < 1.29 is 31.9 Å². The normalized spacial score (nSPS) is 16.0. The standard InChI is InChI=1S/C27H39F4NO3/c1-2-3-4-5-6-7-8-9-10-11-12-13-19-35-26(34)24-15-14-18-32(24)25(33)21-16-17-22(23(28)20-21)27(29,30)31/h16-17,20,24H,2-15,18-19H2,1H3. The quantitative estimate of drug-likeness (QED) is 0.141. The van der Waals surface area contributed by atoms with Gasteiger partial charge in [-0.05, 0) is 37.5 Å². The molecule has 0 radical (unpaired) electrons. The van der Waals surface area contributed by atoms with Crippen LogP contribution < -0.4 is 0 Å². The number of hydrogen-bond acceptors (Lipinski definition) is 3. The summed E-state index contributed by atoms with van der Waals surface area (Å²) in [6.45, 7) is 2.78. The number of rotatable bonds is 15. The van der Waals surface area contributed by atoms with E-state index in [-0.39, 0.29) is 18.7 Å². The van der Waals surface area contributed by atoms with E-state index in [2.05, 4.69) is 6.92 Å². The molecule has 1 fully saturated rings. The molecule has 198 valence electrons. The number of ether oxygens (including phenoxy) is 1. The number of halogens is 4. The Labute approximate surface area is 206 Å². The van der Waals surface area contributed by atoms with E-state index in [1.165, 1.54) is 62.7 Å². The van der Waals surface area contributed by atoms with Crippen molar-refractivity contribution >= 4 is 11.9 Å².